The molecular formula is C27H19FN2O6S2. The van der Waals surface area contributed by atoms with E-state index in [9.17, 15) is 21.6 Å². The quantitative estimate of drug-likeness (QED) is 0.290. The third-order valence-electron chi connectivity index (χ3n) is 5.65. The van der Waals surface area contributed by atoms with Gasteiger partial charge in [0.2, 0.25) is 0 Å². The van der Waals surface area contributed by atoms with Crippen molar-refractivity contribution in [2.75, 3.05) is 9.03 Å². The average Bonchev–Trinajstić information content (AvgIpc) is 3.36. The maximum atomic E-state index is 15.2. The molecule has 1 heterocycles. The number of anilines is 2. The van der Waals surface area contributed by atoms with Crippen LogP contribution in [0, 0.1) is 5.82 Å². The molecular weight excluding hydrogens is 531 g/mol. The molecule has 0 aliphatic heterocycles. The fourth-order valence-corrected chi connectivity index (χ4v) is 7.58. The molecule has 5 aromatic rings. The maximum absolute atomic E-state index is 15.2. The summed E-state index contributed by atoms with van der Waals surface area (Å²) in [5.74, 6) is -1.74. The van der Waals surface area contributed by atoms with E-state index in [1.807, 2.05) is 0 Å². The number of hydrogen-bond acceptors (Lipinski definition) is 6. The summed E-state index contributed by atoms with van der Waals surface area (Å²) in [6, 6.07) is 23.5. The van der Waals surface area contributed by atoms with Gasteiger partial charge in [-0.3, -0.25) is 4.79 Å². The highest BCUT2D eigenvalue weighted by molar-refractivity contribution is 8.10. The smallest absolute Gasteiger partial charge is 0.277 e. The highest BCUT2D eigenvalue weighted by atomic mass is 32.3. The van der Waals surface area contributed by atoms with E-state index in [1.54, 1.807) is 36.4 Å². The third kappa shape index (κ3) is 4.53. The Balaban J connectivity index is 1.62. The van der Waals surface area contributed by atoms with Crippen molar-refractivity contribution in [3.63, 3.8) is 0 Å². The second-order valence-electron chi connectivity index (χ2n) is 8.10. The van der Waals surface area contributed by atoms with E-state index >= 15 is 4.39 Å². The normalized spacial score (nSPS) is 11.8. The van der Waals surface area contributed by atoms with E-state index in [0.29, 0.717) is 11.0 Å². The van der Waals surface area contributed by atoms with Crippen molar-refractivity contribution < 1.29 is 30.4 Å². The number of hydrogen-bond donors (Lipinski definition) is 1. The van der Waals surface area contributed by atoms with Crippen LogP contribution in [0.4, 0.5) is 15.8 Å². The summed E-state index contributed by atoms with van der Waals surface area (Å²) in [4.78, 5) is 12.3. The molecule has 0 saturated carbocycles. The Morgan fingerprint density at radius 1 is 0.737 bits per heavy atom. The van der Waals surface area contributed by atoms with Gasteiger partial charge in [0.15, 0.2) is 0 Å². The van der Waals surface area contributed by atoms with Crippen LogP contribution in [0.15, 0.2) is 124 Å². The molecule has 1 N–H and O–H groups in total. The number of fused-ring (bicyclic) bond motifs is 1. The first kappa shape index (κ1) is 25.2. The predicted molar refractivity (Wildman–Crippen MR) is 140 cm³/mol. The summed E-state index contributed by atoms with van der Waals surface area (Å²) < 4.78 is 75.3. The number of furan rings is 1. The molecule has 0 spiro atoms. The lowest BCUT2D eigenvalue weighted by Crippen LogP contribution is -2.37. The van der Waals surface area contributed by atoms with Gasteiger partial charge in [-0.25, -0.2) is 21.2 Å². The van der Waals surface area contributed by atoms with Crippen LogP contribution in [0.5, 0.6) is 0 Å². The molecule has 11 heteroatoms. The van der Waals surface area contributed by atoms with E-state index in [2.05, 4.69) is 5.32 Å². The molecule has 1 amide bonds. The largest absolute Gasteiger partial charge is 0.463 e. The van der Waals surface area contributed by atoms with Crippen molar-refractivity contribution in [3.8, 4) is 0 Å². The summed E-state index contributed by atoms with van der Waals surface area (Å²) in [6.45, 7) is 0. The molecule has 0 aliphatic carbocycles. The SMILES string of the molecule is O=C(Nc1ccc(F)c(N(S(=O)(=O)c2ccccc2)S(=O)(=O)c2ccccc2)c1)c1coc2ccccc12. The number of nitrogens with zero attached hydrogens (tertiary/aromatic N) is 1. The molecule has 0 saturated heterocycles. The number of carbonyl (C=O) groups excluding carboxylic acids is 1. The monoisotopic (exact) mass is 550 g/mol. The first-order chi connectivity index (χ1) is 18.2. The van der Waals surface area contributed by atoms with Gasteiger partial charge >= 0.3 is 0 Å². The van der Waals surface area contributed by atoms with Crippen LogP contribution in [-0.4, -0.2) is 22.7 Å². The number of carbonyl (C=O) groups is 1. The standard InChI is InChI=1S/C27H19FN2O6S2/c28-24-16-15-19(29-27(31)23-18-36-26-14-8-7-13-22(23)26)17-25(24)30(37(32,33)20-9-3-1-4-10-20)38(34,35)21-11-5-2-6-12-21/h1-18H,(H,29,31). The van der Waals surface area contributed by atoms with Crippen LogP contribution >= 0.6 is 0 Å². The molecule has 5 rings (SSSR count). The average molecular weight is 551 g/mol. The molecule has 0 bridgehead atoms. The Hall–Kier alpha value is -4.48. The highest BCUT2D eigenvalue weighted by Crippen LogP contribution is 2.34. The number of nitrogens with one attached hydrogen (secondary N) is 1. The van der Waals surface area contributed by atoms with Crippen LogP contribution in [0.2, 0.25) is 0 Å². The molecule has 38 heavy (non-hydrogen) atoms. The van der Waals surface area contributed by atoms with Crippen LogP contribution in [0.3, 0.4) is 0 Å². The number of para-hydroxylation sites is 1. The van der Waals surface area contributed by atoms with Crippen LogP contribution in [-0.2, 0) is 20.0 Å². The van der Waals surface area contributed by atoms with Crippen molar-refractivity contribution in [1.29, 1.82) is 0 Å². The van der Waals surface area contributed by atoms with Gasteiger partial charge in [0.1, 0.15) is 23.4 Å². The fraction of sp³-hybridized carbons (Fsp3) is 0. The zero-order valence-electron chi connectivity index (χ0n) is 19.5. The van der Waals surface area contributed by atoms with Gasteiger partial charge in [-0.05, 0) is 48.5 Å². The van der Waals surface area contributed by atoms with Crippen molar-refractivity contribution >= 4 is 48.3 Å². The first-order valence-electron chi connectivity index (χ1n) is 11.2. The van der Waals surface area contributed by atoms with Gasteiger partial charge in [0.05, 0.1) is 15.4 Å². The highest BCUT2D eigenvalue weighted by Gasteiger charge is 2.38. The summed E-state index contributed by atoms with van der Waals surface area (Å²) in [5.41, 5.74) is -0.149. The molecule has 0 aliphatic rings. The number of amides is 1. The summed E-state index contributed by atoms with van der Waals surface area (Å²) in [5, 5.41) is 3.09. The van der Waals surface area contributed by atoms with Crippen molar-refractivity contribution in [1.82, 2.24) is 0 Å². The van der Waals surface area contributed by atoms with E-state index in [-0.39, 0.29) is 24.8 Å². The Morgan fingerprint density at radius 3 is 1.89 bits per heavy atom. The summed E-state index contributed by atoms with van der Waals surface area (Å²) in [6.07, 6.45) is 1.26. The molecule has 192 valence electrons. The Kier molecular flexibility index (Phi) is 6.47. The number of rotatable bonds is 7. The van der Waals surface area contributed by atoms with E-state index in [1.165, 1.54) is 60.9 Å². The molecule has 1 aromatic heterocycles. The van der Waals surface area contributed by atoms with Crippen molar-refractivity contribution in [2.24, 2.45) is 0 Å². The van der Waals surface area contributed by atoms with Gasteiger partial charge in [-0.15, -0.1) is 0 Å². The molecule has 0 atom stereocenters. The molecule has 4 aromatic carbocycles. The Morgan fingerprint density at radius 2 is 1.29 bits per heavy atom. The fourth-order valence-electron chi connectivity index (χ4n) is 3.85. The minimum absolute atomic E-state index is 0.0341. The van der Waals surface area contributed by atoms with Gasteiger partial charge in [0.25, 0.3) is 26.0 Å². The zero-order valence-corrected chi connectivity index (χ0v) is 21.1. The van der Waals surface area contributed by atoms with Crippen LogP contribution < -0.4 is 9.03 Å². The van der Waals surface area contributed by atoms with Gasteiger partial charge in [-0.1, -0.05) is 54.6 Å². The Bertz CT molecular complexity index is 1790. The van der Waals surface area contributed by atoms with Crippen LogP contribution in [0.1, 0.15) is 10.4 Å². The van der Waals surface area contributed by atoms with E-state index < -0.39 is 37.5 Å². The minimum Gasteiger partial charge on any atom is -0.463 e. The topological polar surface area (TPSA) is 114 Å². The number of sulfonamides is 2. The third-order valence-corrected chi connectivity index (χ3v) is 9.82. The first-order valence-corrected chi connectivity index (χ1v) is 14.1. The number of benzene rings is 4. The van der Waals surface area contributed by atoms with Crippen LogP contribution in [0.25, 0.3) is 11.0 Å². The minimum atomic E-state index is -4.82. The second kappa shape index (κ2) is 9.77. The lowest BCUT2D eigenvalue weighted by Gasteiger charge is -2.25. The predicted octanol–water partition coefficient (Wildman–Crippen LogP) is 5.41. The zero-order chi connectivity index (χ0) is 26.9. The summed E-state index contributed by atoms with van der Waals surface area (Å²) in [7, 11) is -9.64. The second-order valence-corrected chi connectivity index (χ2v) is 11.9. The van der Waals surface area contributed by atoms with E-state index in [0.717, 1.165) is 12.1 Å². The van der Waals surface area contributed by atoms with Gasteiger partial charge in [0, 0.05) is 11.1 Å². The maximum Gasteiger partial charge on any atom is 0.277 e. The molecule has 8 nitrogen and oxygen atoms in total. The molecule has 0 radical (unpaired) electrons. The van der Waals surface area contributed by atoms with Crippen molar-refractivity contribution in [2.45, 2.75) is 9.79 Å². The van der Waals surface area contributed by atoms with E-state index in [4.69, 9.17) is 4.42 Å². The molecule has 0 unspecified atom stereocenters. The van der Waals surface area contributed by atoms with Gasteiger partial charge < -0.3 is 9.73 Å². The van der Waals surface area contributed by atoms with Crippen molar-refractivity contribution in [3.05, 3.63) is 121 Å². The lowest BCUT2D eigenvalue weighted by atomic mass is 10.1. The molecule has 0 fully saturated rings. The Labute approximate surface area is 218 Å². The lowest BCUT2D eigenvalue weighted by molar-refractivity contribution is 0.102. The van der Waals surface area contributed by atoms with Gasteiger partial charge in [-0.2, -0.15) is 3.71 Å². The summed E-state index contributed by atoms with van der Waals surface area (Å²) >= 11 is 0. The number of halogens is 1.